The molecule has 0 radical (unpaired) electrons. The SMILES string of the molecule is O=C(O)C1=c2cc(Cl)ccc2=NC1. The van der Waals surface area contributed by atoms with Crippen LogP contribution in [0.15, 0.2) is 23.2 Å². The molecule has 1 aliphatic rings. The zero-order chi connectivity index (χ0) is 9.42. The Morgan fingerprint density at radius 3 is 3.00 bits per heavy atom. The Hall–Kier alpha value is -1.35. The maximum atomic E-state index is 10.7. The lowest BCUT2D eigenvalue weighted by atomic mass is 10.2. The summed E-state index contributed by atoms with van der Waals surface area (Å²) in [4.78, 5) is 14.8. The lowest BCUT2D eigenvalue weighted by molar-refractivity contribution is -0.130. The lowest BCUT2D eigenvalue weighted by Crippen LogP contribution is -2.24. The Bertz CT molecular complexity index is 493. The second-order valence-corrected chi connectivity index (χ2v) is 3.20. The fourth-order valence-electron chi connectivity index (χ4n) is 1.32. The van der Waals surface area contributed by atoms with E-state index >= 15 is 0 Å². The van der Waals surface area contributed by atoms with E-state index in [0.717, 1.165) is 0 Å². The zero-order valence-electron chi connectivity index (χ0n) is 6.62. The minimum atomic E-state index is -0.926. The number of carbonyl (C=O) groups is 1. The summed E-state index contributed by atoms with van der Waals surface area (Å²) in [5.41, 5.74) is 0.317. The summed E-state index contributed by atoms with van der Waals surface area (Å²) in [5.74, 6) is -0.926. The first kappa shape index (κ1) is 8.26. The van der Waals surface area contributed by atoms with Crippen LogP contribution in [0.2, 0.25) is 5.02 Å². The molecule has 13 heavy (non-hydrogen) atoms. The lowest BCUT2D eigenvalue weighted by Gasteiger charge is -1.91. The van der Waals surface area contributed by atoms with Gasteiger partial charge in [-0.05, 0) is 18.2 Å². The molecular formula is C9H6ClNO2. The van der Waals surface area contributed by atoms with Gasteiger partial charge >= 0.3 is 5.97 Å². The number of fused-ring (bicyclic) bond motifs is 1. The van der Waals surface area contributed by atoms with Gasteiger partial charge in [0, 0.05) is 10.2 Å². The quantitative estimate of drug-likeness (QED) is 0.697. The van der Waals surface area contributed by atoms with E-state index in [4.69, 9.17) is 16.7 Å². The van der Waals surface area contributed by atoms with E-state index in [2.05, 4.69) is 4.99 Å². The molecule has 4 heteroatoms. The summed E-state index contributed by atoms with van der Waals surface area (Å²) in [6, 6.07) is 5.07. The van der Waals surface area contributed by atoms with Crippen molar-refractivity contribution in [2.45, 2.75) is 0 Å². The predicted octanol–water partition coefficient (Wildman–Crippen LogP) is 0.208. The summed E-state index contributed by atoms with van der Waals surface area (Å²) in [6.07, 6.45) is 0. The number of hydrogen-bond donors (Lipinski definition) is 1. The van der Waals surface area contributed by atoms with Crippen molar-refractivity contribution in [3.63, 3.8) is 0 Å². The van der Waals surface area contributed by atoms with Gasteiger partial charge in [-0.15, -0.1) is 0 Å². The van der Waals surface area contributed by atoms with Crippen LogP contribution in [0.3, 0.4) is 0 Å². The van der Waals surface area contributed by atoms with E-state index in [1.165, 1.54) is 0 Å². The number of carboxylic acid groups (broad SMARTS) is 1. The van der Waals surface area contributed by atoms with E-state index in [9.17, 15) is 4.79 Å². The first-order chi connectivity index (χ1) is 6.18. The normalized spacial score (nSPS) is 13.8. The molecule has 1 aliphatic heterocycles. The molecule has 0 unspecified atom stereocenters. The average Bonchev–Trinajstić information content (AvgIpc) is 2.46. The summed E-state index contributed by atoms with van der Waals surface area (Å²) >= 11 is 5.75. The van der Waals surface area contributed by atoms with Crippen molar-refractivity contribution in [2.75, 3.05) is 6.54 Å². The van der Waals surface area contributed by atoms with Gasteiger partial charge in [0.1, 0.15) is 0 Å². The van der Waals surface area contributed by atoms with Crippen molar-refractivity contribution >= 4 is 23.1 Å². The number of halogens is 1. The molecule has 0 aromatic heterocycles. The molecule has 0 fully saturated rings. The first-order valence-corrected chi connectivity index (χ1v) is 4.13. The zero-order valence-corrected chi connectivity index (χ0v) is 7.38. The third-order valence-electron chi connectivity index (χ3n) is 1.95. The molecule has 0 bridgehead atoms. The minimum absolute atomic E-state index is 0.241. The summed E-state index contributed by atoms with van der Waals surface area (Å²) in [6.45, 7) is 0.241. The van der Waals surface area contributed by atoms with E-state index < -0.39 is 5.97 Å². The highest BCUT2D eigenvalue weighted by atomic mass is 35.5. The number of hydrogen-bond acceptors (Lipinski definition) is 2. The van der Waals surface area contributed by atoms with E-state index in [1.807, 2.05) is 0 Å². The summed E-state index contributed by atoms with van der Waals surface area (Å²) < 4.78 is 0. The van der Waals surface area contributed by atoms with Crippen LogP contribution in [0.25, 0.3) is 5.57 Å². The third-order valence-corrected chi connectivity index (χ3v) is 2.18. The Kier molecular flexibility index (Phi) is 1.81. The smallest absolute Gasteiger partial charge is 0.334 e. The van der Waals surface area contributed by atoms with Gasteiger partial charge < -0.3 is 5.11 Å². The van der Waals surface area contributed by atoms with Crippen molar-refractivity contribution in [3.8, 4) is 0 Å². The molecule has 1 aromatic rings. The van der Waals surface area contributed by atoms with Crippen LogP contribution in [0, 0.1) is 0 Å². The average molecular weight is 196 g/mol. The molecule has 0 spiro atoms. The topological polar surface area (TPSA) is 49.7 Å². The van der Waals surface area contributed by atoms with Crippen molar-refractivity contribution in [1.29, 1.82) is 0 Å². The molecule has 3 nitrogen and oxygen atoms in total. The van der Waals surface area contributed by atoms with Crippen LogP contribution < -0.4 is 10.6 Å². The minimum Gasteiger partial charge on any atom is -0.478 e. The fraction of sp³-hybridized carbons (Fsp3) is 0.111. The molecule has 1 N–H and O–H groups in total. The molecule has 0 saturated carbocycles. The monoisotopic (exact) mass is 195 g/mol. The number of rotatable bonds is 1. The van der Waals surface area contributed by atoms with Crippen LogP contribution in [-0.4, -0.2) is 17.6 Å². The van der Waals surface area contributed by atoms with Gasteiger partial charge in [-0.2, -0.15) is 0 Å². The van der Waals surface area contributed by atoms with Crippen LogP contribution in [-0.2, 0) is 4.79 Å². The van der Waals surface area contributed by atoms with Crippen molar-refractivity contribution in [2.24, 2.45) is 4.99 Å². The molecule has 0 amide bonds. The van der Waals surface area contributed by atoms with Crippen molar-refractivity contribution in [3.05, 3.63) is 33.8 Å². The van der Waals surface area contributed by atoms with Gasteiger partial charge in [0.05, 0.1) is 17.5 Å². The highest BCUT2D eigenvalue weighted by Gasteiger charge is 2.13. The van der Waals surface area contributed by atoms with Gasteiger partial charge in [0.15, 0.2) is 0 Å². The Balaban J connectivity index is 2.82. The third kappa shape index (κ3) is 1.31. The molecule has 0 aliphatic carbocycles. The Morgan fingerprint density at radius 1 is 1.54 bits per heavy atom. The number of aliphatic carboxylic acids is 1. The highest BCUT2D eigenvalue weighted by Crippen LogP contribution is 2.04. The van der Waals surface area contributed by atoms with Gasteiger partial charge in [0.2, 0.25) is 0 Å². The maximum Gasteiger partial charge on any atom is 0.334 e. The molecule has 0 saturated heterocycles. The molecule has 1 aromatic carbocycles. The summed E-state index contributed by atoms with van der Waals surface area (Å²) in [5, 5.41) is 10.7. The van der Waals surface area contributed by atoms with E-state index in [0.29, 0.717) is 21.2 Å². The fourth-order valence-corrected chi connectivity index (χ4v) is 1.49. The van der Waals surface area contributed by atoms with Crippen molar-refractivity contribution < 1.29 is 9.90 Å². The number of benzene rings is 1. The van der Waals surface area contributed by atoms with Crippen LogP contribution in [0.1, 0.15) is 0 Å². The van der Waals surface area contributed by atoms with E-state index in [-0.39, 0.29) is 6.54 Å². The maximum absolute atomic E-state index is 10.7. The standard InChI is InChI=1S/C9H6ClNO2/c10-5-1-2-8-6(3-5)7(4-11-8)9(12)13/h1-3H,4H2,(H,12,13). The van der Waals surface area contributed by atoms with Crippen LogP contribution in [0.4, 0.5) is 0 Å². The second-order valence-electron chi connectivity index (χ2n) is 2.76. The van der Waals surface area contributed by atoms with Gasteiger partial charge in [-0.3, -0.25) is 4.99 Å². The second kappa shape index (κ2) is 2.85. The van der Waals surface area contributed by atoms with Crippen LogP contribution in [0.5, 0.6) is 0 Å². The van der Waals surface area contributed by atoms with Crippen LogP contribution >= 0.6 is 11.6 Å². The van der Waals surface area contributed by atoms with Gasteiger partial charge in [-0.25, -0.2) is 4.79 Å². The van der Waals surface area contributed by atoms with Gasteiger partial charge in [0.25, 0.3) is 0 Å². The number of carboxylic acids is 1. The van der Waals surface area contributed by atoms with Crippen molar-refractivity contribution in [1.82, 2.24) is 0 Å². The Morgan fingerprint density at radius 2 is 2.31 bits per heavy atom. The molecule has 0 atom stereocenters. The molecular weight excluding hydrogens is 190 g/mol. The van der Waals surface area contributed by atoms with Gasteiger partial charge in [-0.1, -0.05) is 11.6 Å². The predicted molar refractivity (Wildman–Crippen MR) is 48.1 cm³/mol. The Labute approximate surface area is 79.0 Å². The largest absolute Gasteiger partial charge is 0.478 e. The molecule has 66 valence electrons. The molecule has 1 heterocycles. The molecule has 2 rings (SSSR count). The first-order valence-electron chi connectivity index (χ1n) is 3.75. The number of nitrogens with zero attached hydrogens (tertiary/aromatic N) is 1. The summed E-state index contributed by atoms with van der Waals surface area (Å²) in [7, 11) is 0. The highest BCUT2D eigenvalue weighted by molar-refractivity contribution is 6.30. The van der Waals surface area contributed by atoms with E-state index in [1.54, 1.807) is 18.2 Å².